The molecule has 5 rings (SSSR count). The number of allylic oxidation sites excluding steroid dienone is 1. The normalized spacial score (nSPS) is 16.6. The molecule has 1 aliphatic rings. The van der Waals surface area contributed by atoms with Crippen LogP contribution in [0.1, 0.15) is 62.1 Å². The molecule has 1 heterocycles. The molecular weight excluding hydrogens is 743 g/mol. The SMILES string of the molecule is CO/C(C)=C(\C(=O)OC(c1ccccc1)c1ccccc1)N1C(=O)C(NC(=O)C(NC(=O)OC(C)(C)C)c2ccccc2)C1SS(=O)(=O)c1ccc(C)cc1. The van der Waals surface area contributed by atoms with E-state index in [0.717, 1.165) is 10.5 Å². The zero-order chi connectivity index (χ0) is 39.9. The highest BCUT2D eigenvalue weighted by atomic mass is 33.1. The summed E-state index contributed by atoms with van der Waals surface area (Å²) in [6.07, 6.45) is -1.80. The Morgan fingerprint density at radius 2 is 1.31 bits per heavy atom. The number of methoxy groups -OCH3 is 1. The number of β-lactam (4-membered cyclic amide) rings is 1. The van der Waals surface area contributed by atoms with Crippen LogP contribution in [0.4, 0.5) is 4.79 Å². The van der Waals surface area contributed by atoms with Crippen molar-refractivity contribution in [3.8, 4) is 0 Å². The second kappa shape index (κ2) is 17.2. The number of esters is 1. The van der Waals surface area contributed by atoms with Gasteiger partial charge in [-0.3, -0.25) is 14.5 Å². The van der Waals surface area contributed by atoms with Crippen LogP contribution in [-0.2, 0) is 37.5 Å². The molecule has 3 atom stereocenters. The summed E-state index contributed by atoms with van der Waals surface area (Å²) in [6, 6.07) is 29.6. The van der Waals surface area contributed by atoms with Gasteiger partial charge in [0.2, 0.25) is 14.8 Å². The number of hydrogen-bond donors (Lipinski definition) is 2. The van der Waals surface area contributed by atoms with E-state index in [1.165, 1.54) is 26.2 Å². The molecule has 3 unspecified atom stereocenters. The average Bonchev–Trinajstić information content (AvgIpc) is 3.16. The van der Waals surface area contributed by atoms with Crippen molar-refractivity contribution in [2.75, 3.05) is 7.11 Å². The van der Waals surface area contributed by atoms with Crippen LogP contribution in [0.5, 0.6) is 0 Å². The van der Waals surface area contributed by atoms with Gasteiger partial charge in [0.05, 0.1) is 12.0 Å². The maximum absolute atomic E-state index is 14.3. The van der Waals surface area contributed by atoms with E-state index >= 15 is 0 Å². The lowest BCUT2D eigenvalue weighted by atomic mass is 10.0. The zero-order valence-corrected chi connectivity index (χ0v) is 32.8. The standard InChI is InChI=1S/C41H43N3O9S2/c1-26-22-24-31(25-23-26)55(49,50)54-38-33(42-36(45)32(28-16-10-7-11-17-28)43-40(48)53-41(3,4)5)37(46)44(38)34(27(2)51-6)39(47)52-35(29-18-12-8-13-19-29)30-20-14-9-15-21-30/h7-25,32-33,35,38H,1-6H3,(H,42,45)(H,43,48)/b34-27+. The minimum absolute atomic E-state index is 0.0323. The Morgan fingerprint density at radius 3 is 1.80 bits per heavy atom. The molecule has 0 spiro atoms. The number of alkyl carbamates (subject to hydrolysis) is 1. The third-order valence-electron chi connectivity index (χ3n) is 8.44. The monoisotopic (exact) mass is 785 g/mol. The molecule has 0 aliphatic carbocycles. The van der Waals surface area contributed by atoms with Crippen LogP contribution in [0.2, 0.25) is 0 Å². The summed E-state index contributed by atoms with van der Waals surface area (Å²) in [7, 11) is -2.53. The number of hydrogen-bond acceptors (Lipinski definition) is 10. The van der Waals surface area contributed by atoms with E-state index in [9.17, 15) is 27.6 Å². The Labute approximate surface area is 324 Å². The maximum atomic E-state index is 14.3. The van der Waals surface area contributed by atoms with E-state index in [0.29, 0.717) is 27.5 Å². The number of ether oxygens (including phenoxy) is 3. The molecule has 4 aromatic carbocycles. The van der Waals surface area contributed by atoms with Gasteiger partial charge in [0.1, 0.15) is 28.8 Å². The van der Waals surface area contributed by atoms with Crippen LogP contribution in [0.15, 0.2) is 132 Å². The van der Waals surface area contributed by atoms with Gasteiger partial charge in [-0.15, -0.1) is 0 Å². The number of nitrogens with one attached hydrogen (secondary N) is 2. The second-order valence-electron chi connectivity index (χ2n) is 13.7. The molecule has 0 aromatic heterocycles. The molecule has 3 amide bonds. The predicted molar refractivity (Wildman–Crippen MR) is 208 cm³/mol. The van der Waals surface area contributed by atoms with Crippen molar-refractivity contribution in [2.45, 2.75) is 68.7 Å². The van der Waals surface area contributed by atoms with Crippen molar-refractivity contribution in [3.05, 3.63) is 149 Å². The van der Waals surface area contributed by atoms with Crippen LogP contribution in [0.3, 0.4) is 0 Å². The fraction of sp³-hybridized carbons (Fsp3) is 0.268. The van der Waals surface area contributed by atoms with Gasteiger partial charge in [-0.25, -0.2) is 18.0 Å². The highest BCUT2D eigenvalue weighted by molar-refractivity contribution is 8.72. The minimum atomic E-state index is -4.21. The summed E-state index contributed by atoms with van der Waals surface area (Å²) in [5, 5.41) is 3.81. The Kier molecular flexibility index (Phi) is 12.7. The zero-order valence-electron chi connectivity index (χ0n) is 31.2. The summed E-state index contributed by atoms with van der Waals surface area (Å²) in [5.41, 5.74) is 1.27. The molecule has 288 valence electrons. The topological polar surface area (TPSA) is 157 Å². The van der Waals surface area contributed by atoms with E-state index in [2.05, 4.69) is 10.6 Å². The van der Waals surface area contributed by atoms with E-state index in [4.69, 9.17) is 14.2 Å². The van der Waals surface area contributed by atoms with Crippen LogP contribution in [-0.4, -0.2) is 61.3 Å². The summed E-state index contributed by atoms with van der Waals surface area (Å²) >= 11 is 0. The average molecular weight is 786 g/mol. The summed E-state index contributed by atoms with van der Waals surface area (Å²) in [4.78, 5) is 56.4. The van der Waals surface area contributed by atoms with E-state index < -0.39 is 61.9 Å². The van der Waals surface area contributed by atoms with Gasteiger partial charge < -0.3 is 24.8 Å². The number of benzene rings is 4. The number of nitrogens with zero attached hydrogens (tertiary/aromatic N) is 1. The fourth-order valence-electron chi connectivity index (χ4n) is 5.69. The molecule has 0 saturated carbocycles. The smallest absolute Gasteiger partial charge is 0.408 e. The molecule has 1 aliphatic heterocycles. The first-order valence-electron chi connectivity index (χ1n) is 17.3. The number of carbonyl (C=O) groups excluding carboxylic acids is 4. The van der Waals surface area contributed by atoms with Crippen molar-refractivity contribution in [3.63, 3.8) is 0 Å². The molecule has 14 heteroatoms. The fourth-order valence-corrected chi connectivity index (χ4v) is 9.15. The molecule has 1 saturated heterocycles. The third kappa shape index (κ3) is 9.94. The molecule has 0 radical (unpaired) electrons. The Hall–Kier alpha value is -5.60. The van der Waals surface area contributed by atoms with Crippen LogP contribution < -0.4 is 10.6 Å². The summed E-state index contributed by atoms with van der Waals surface area (Å²) in [5.74, 6) is -2.64. The van der Waals surface area contributed by atoms with Crippen molar-refractivity contribution in [1.82, 2.24) is 15.5 Å². The Bertz CT molecular complexity index is 2100. The summed E-state index contributed by atoms with van der Waals surface area (Å²) < 4.78 is 44.8. The van der Waals surface area contributed by atoms with Gasteiger partial charge in [0.15, 0.2) is 11.8 Å². The second-order valence-corrected chi connectivity index (χ2v) is 17.6. The first-order valence-corrected chi connectivity index (χ1v) is 20.2. The van der Waals surface area contributed by atoms with Crippen LogP contribution in [0.25, 0.3) is 0 Å². The lowest BCUT2D eigenvalue weighted by molar-refractivity contribution is -0.155. The highest BCUT2D eigenvalue weighted by Gasteiger charge is 2.55. The van der Waals surface area contributed by atoms with Gasteiger partial charge in [0.25, 0.3) is 5.91 Å². The molecular formula is C41H43N3O9S2. The van der Waals surface area contributed by atoms with E-state index in [-0.39, 0.29) is 16.4 Å². The number of aryl methyl sites for hydroxylation is 1. The molecule has 4 aromatic rings. The Morgan fingerprint density at radius 1 is 0.800 bits per heavy atom. The number of amides is 3. The van der Waals surface area contributed by atoms with Gasteiger partial charge in [-0.1, -0.05) is 109 Å². The van der Waals surface area contributed by atoms with Crippen molar-refractivity contribution >= 4 is 43.5 Å². The first kappa shape index (κ1) is 40.6. The Balaban J connectivity index is 1.52. The minimum Gasteiger partial charge on any atom is -0.499 e. The molecule has 1 fully saturated rings. The van der Waals surface area contributed by atoms with Gasteiger partial charge >= 0.3 is 12.1 Å². The lowest BCUT2D eigenvalue weighted by Gasteiger charge is -2.46. The van der Waals surface area contributed by atoms with Crippen LogP contribution in [0, 0.1) is 6.92 Å². The van der Waals surface area contributed by atoms with Gasteiger partial charge in [-0.2, -0.15) is 0 Å². The first-order chi connectivity index (χ1) is 26.1. The molecule has 0 bridgehead atoms. The van der Waals surface area contributed by atoms with Crippen molar-refractivity contribution in [1.29, 1.82) is 0 Å². The predicted octanol–water partition coefficient (Wildman–Crippen LogP) is 6.55. The lowest BCUT2D eigenvalue weighted by Crippen LogP contribution is -2.70. The van der Waals surface area contributed by atoms with E-state index in [1.54, 1.807) is 112 Å². The van der Waals surface area contributed by atoms with E-state index in [1.807, 2.05) is 19.1 Å². The van der Waals surface area contributed by atoms with Crippen molar-refractivity contribution in [2.24, 2.45) is 0 Å². The number of rotatable bonds is 13. The largest absolute Gasteiger partial charge is 0.499 e. The summed E-state index contributed by atoms with van der Waals surface area (Å²) in [6.45, 7) is 8.26. The molecule has 12 nitrogen and oxygen atoms in total. The quantitative estimate of drug-likeness (QED) is 0.0501. The van der Waals surface area contributed by atoms with Crippen LogP contribution >= 0.6 is 10.8 Å². The highest BCUT2D eigenvalue weighted by Crippen LogP contribution is 2.41. The van der Waals surface area contributed by atoms with Gasteiger partial charge in [0, 0.05) is 10.8 Å². The number of likely N-dealkylation sites (tertiary alicyclic amines) is 1. The molecule has 55 heavy (non-hydrogen) atoms. The van der Waals surface area contributed by atoms with Crippen molar-refractivity contribution < 1.29 is 41.8 Å². The number of carbonyl (C=O) groups is 4. The maximum Gasteiger partial charge on any atom is 0.408 e. The van der Waals surface area contributed by atoms with Gasteiger partial charge in [-0.05, 0) is 63.4 Å². The third-order valence-corrected chi connectivity index (χ3v) is 12.1. The molecule has 2 N–H and O–H groups in total.